The van der Waals surface area contributed by atoms with Crippen LogP contribution in [-0.2, 0) is 4.79 Å². The first-order valence-electron chi connectivity index (χ1n) is 25.7. The lowest BCUT2D eigenvalue weighted by molar-refractivity contribution is -0.137. The average Bonchev–Trinajstić information content (AvgIpc) is 3.14. The second-order valence-electron chi connectivity index (χ2n) is 19.7. The second kappa shape index (κ2) is 29.4. The summed E-state index contributed by atoms with van der Waals surface area (Å²) in [5, 5.41) is 12.0. The molecule has 2 nitrogen and oxygen atoms in total. The summed E-state index contributed by atoms with van der Waals surface area (Å²) < 4.78 is 0. The first-order valence-corrected chi connectivity index (χ1v) is 25.7. The highest BCUT2D eigenvalue weighted by Gasteiger charge is 2.53. The summed E-state index contributed by atoms with van der Waals surface area (Å²) >= 11 is 0. The fourth-order valence-electron chi connectivity index (χ4n) is 12.6. The van der Waals surface area contributed by atoms with E-state index in [-0.39, 0.29) is 5.41 Å². The fourth-order valence-corrected chi connectivity index (χ4v) is 12.6. The summed E-state index contributed by atoms with van der Waals surface area (Å²) in [6.45, 7) is 0. The lowest BCUT2D eigenvalue weighted by Crippen LogP contribution is -2.49. The molecular weight excluding hydrogens is 657 g/mol. The molecule has 0 saturated heterocycles. The minimum atomic E-state index is -0.496. The SMILES string of the molecule is O=C(O)C(=CC1CCCCCCCCCCC1)C(C1CCCCCCCCCCC1)(C1CCCCCCCCCCC1)C1CCCCCCCCCCC1. The number of aliphatic carboxylic acids is 1. The third-order valence-corrected chi connectivity index (χ3v) is 15.6. The van der Waals surface area contributed by atoms with Gasteiger partial charge in [0.25, 0.3) is 0 Å². The molecule has 4 aliphatic rings. The minimum Gasteiger partial charge on any atom is -0.478 e. The van der Waals surface area contributed by atoms with Crippen LogP contribution in [0.25, 0.3) is 0 Å². The summed E-state index contributed by atoms with van der Waals surface area (Å²) in [5.74, 6) is 1.53. The molecule has 1 N–H and O–H groups in total. The van der Waals surface area contributed by atoms with Crippen molar-refractivity contribution in [3.05, 3.63) is 11.6 Å². The van der Waals surface area contributed by atoms with Crippen LogP contribution in [0.3, 0.4) is 0 Å². The van der Waals surface area contributed by atoms with Crippen LogP contribution in [-0.4, -0.2) is 11.1 Å². The number of hydrogen-bond donors (Lipinski definition) is 1. The topological polar surface area (TPSA) is 37.3 Å². The number of rotatable bonds is 6. The van der Waals surface area contributed by atoms with E-state index in [1.165, 1.54) is 283 Å². The van der Waals surface area contributed by atoms with Gasteiger partial charge in [-0.2, -0.15) is 0 Å². The van der Waals surface area contributed by atoms with Crippen LogP contribution >= 0.6 is 0 Å². The number of carbonyl (C=O) groups is 1. The van der Waals surface area contributed by atoms with Crippen molar-refractivity contribution < 1.29 is 9.90 Å². The van der Waals surface area contributed by atoms with Crippen LogP contribution in [0, 0.1) is 29.1 Å². The highest BCUT2D eigenvalue weighted by atomic mass is 16.4. The van der Waals surface area contributed by atoms with Crippen molar-refractivity contribution in [3.63, 3.8) is 0 Å². The normalized spacial score (nSPS) is 25.8. The summed E-state index contributed by atoms with van der Waals surface area (Å²) in [4.78, 5) is 14.6. The molecule has 4 rings (SSSR count). The van der Waals surface area contributed by atoms with Gasteiger partial charge in [-0.25, -0.2) is 4.79 Å². The Kier molecular flexibility index (Phi) is 25.0. The third kappa shape index (κ3) is 17.0. The van der Waals surface area contributed by atoms with Crippen LogP contribution in [0.5, 0.6) is 0 Å². The molecular formula is C52H94O2. The molecule has 0 aromatic carbocycles. The molecule has 0 radical (unpaired) electrons. The Morgan fingerprint density at radius 3 is 0.704 bits per heavy atom. The molecule has 0 aliphatic heterocycles. The van der Waals surface area contributed by atoms with Gasteiger partial charge in [-0.05, 0) is 75.0 Å². The van der Waals surface area contributed by atoms with Crippen molar-refractivity contribution in [2.24, 2.45) is 29.1 Å². The Morgan fingerprint density at radius 2 is 0.500 bits per heavy atom. The van der Waals surface area contributed by atoms with Gasteiger partial charge in [-0.3, -0.25) is 0 Å². The zero-order valence-corrected chi connectivity index (χ0v) is 36.4. The number of hydrogen-bond acceptors (Lipinski definition) is 1. The summed E-state index contributed by atoms with van der Waals surface area (Å²) in [6, 6.07) is 0. The molecule has 4 fully saturated rings. The molecule has 2 heteroatoms. The van der Waals surface area contributed by atoms with Crippen molar-refractivity contribution in [2.45, 2.75) is 283 Å². The molecule has 0 unspecified atom stereocenters. The van der Waals surface area contributed by atoms with Crippen molar-refractivity contribution in [3.8, 4) is 0 Å². The molecule has 54 heavy (non-hydrogen) atoms. The van der Waals surface area contributed by atoms with Gasteiger partial charge in [0.1, 0.15) is 0 Å². The van der Waals surface area contributed by atoms with Gasteiger partial charge < -0.3 is 5.11 Å². The summed E-state index contributed by atoms with van der Waals surface area (Å²) in [6.07, 6.45) is 62.0. The maximum absolute atomic E-state index is 14.6. The lowest BCUT2D eigenvalue weighted by Gasteiger charge is -2.54. The smallest absolute Gasteiger partial charge is 0.331 e. The Hall–Kier alpha value is -0.790. The van der Waals surface area contributed by atoms with Gasteiger partial charge in [0.2, 0.25) is 0 Å². The number of carboxylic acid groups (broad SMARTS) is 1. The fraction of sp³-hybridized carbons (Fsp3) is 0.942. The Balaban J connectivity index is 1.88. The molecule has 0 heterocycles. The Labute approximate surface area is 338 Å². The van der Waals surface area contributed by atoms with Crippen molar-refractivity contribution >= 4 is 5.97 Å². The van der Waals surface area contributed by atoms with E-state index in [9.17, 15) is 9.90 Å². The predicted octanol–water partition coefficient (Wildman–Crippen LogP) is 17.7. The quantitative estimate of drug-likeness (QED) is 0.275. The van der Waals surface area contributed by atoms with E-state index in [0.29, 0.717) is 23.7 Å². The van der Waals surface area contributed by atoms with Gasteiger partial charge in [0, 0.05) is 11.0 Å². The lowest BCUT2D eigenvalue weighted by atomic mass is 9.50. The molecule has 0 bridgehead atoms. The zero-order valence-electron chi connectivity index (χ0n) is 36.4. The summed E-state index contributed by atoms with van der Waals surface area (Å²) in [5.41, 5.74) is 0.819. The molecule has 0 atom stereocenters. The molecule has 4 saturated carbocycles. The molecule has 4 aliphatic carbocycles. The van der Waals surface area contributed by atoms with E-state index in [4.69, 9.17) is 0 Å². The van der Waals surface area contributed by atoms with Gasteiger partial charge in [-0.15, -0.1) is 0 Å². The maximum Gasteiger partial charge on any atom is 0.331 e. The standard InChI is InChI=1S/C52H94O2/c53-51(54)50(45-46-37-29-21-13-5-1-6-14-22-30-38-46)52(47-39-31-23-15-7-2-8-16-24-32-40-47,48-41-33-25-17-9-3-10-18-26-34-42-48)49-43-35-27-19-11-4-12-20-28-36-44-49/h45-49H,1-44H2,(H,53,54). The van der Waals surface area contributed by atoms with E-state index in [1.54, 1.807) is 0 Å². The zero-order chi connectivity index (χ0) is 37.8. The van der Waals surface area contributed by atoms with Crippen molar-refractivity contribution in [1.82, 2.24) is 0 Å². The first-order chi connectivity index (χ1) is 26.7. The van der Waals surface area contributed by atoms with Crippen LogP contribution in [0.2, 0.25) is 0 Å². The first kappa shape index (κ1) is 45.9. The third-order valence-electron chi connectivity index (χ3n) is 15.6. The van der Waals surface area contributed by atoms with Crippen LogP contribution in [0.1, 0.15) is 283 Å². The molecule has 0 aromatic rings. The van der Waals surface area contributed by atoms with E-state index in [2.05, 4.69) is 6.08 Å². The van der Waals surface area contributed by atoms with Crippen molar-refractivity contribution in [1.29, 1.82) is 0 Å². The van der Waals surface area contributed by atoms with E-state index in [0.717, 1.165) is 5.57 Å². The van der Waals surface area contributed by atoms with Crippen LogP contribution < -0.4 is 0 Å². The Bertz CT molecular complexity index is 828. The number of carboxylic acids is 1. The van der Waals surface area contributed by atoms with Gasteiger partial charge in [0.15, 0.2) is 0 Å². The minimum absolute atomic E-state index is 0.173. The second-order valence-corrected chi connectivity index (χ2v) is 19.7. The van der Waals surface area contributed by atoms with Gasteiger partial charge in [-0.1, -0.05) is 237 Å². The van der Waals surface area contributed by atoms with E-state index >= 15 is 0 Å². The molecule has 0 amide bonds. The summed E-state index contributed by atoms with van der Waals surface area (Å²) in [7, 11) is 0. The van der Waals surface area contributed by atoms with E-state index < -0.39 is 5.97 Å². The molecule has 314 valence electrons. The van der Waals surface area contributed by atoms with Crippen LogP contribution in [0.15, 0.2) is 11.6 Å². The van der Waals surface area contributed by atoms with Gasteiger partial charge in [0.05, 0.1) is 0 Å². The van der Waals surface area contributed by atoms with Crippen molar-refractivity contribution in [2.75, 3.05) is 0 Å². The predicted molar refractivity (Wildman–Crippen MR) is 235 cm³/mol. The van der Waals surface area contributed by atoms with Crippen LogP contribution in [0.4, 0.5) is 0 Å². The number of allylic oxidation sites excluding steroid dienone is 1. The highest BCUT2D eigenvalue weighted by molar-refractivity contribution is 5.88. The molecule has 0 spiro atoms. The molecule has 0 aromatic heterocycles. The van der Waals surface area contributed by atoms with E-state index in [1.807, 2.05) is 0 Å². The maximum atomic E-state index is 14.6. The van der Waals surface area contributed by atoms with Gasteiger partial charge >= 0.3 is 5.97 Å². The largest absolute Gasteiger partial charge is 0.478 e. The Morgan fingerprint density at radius 1 is 0.315 bits per heavy atom. The monoisotopic (exact) mass is 751 g/mol. The highest BCUT2D eigenvalue weighted by Crippen LogP contribution is 2.59. The average molecular weight is 751 g/mol.